The van der Waals surface area contributed by atoms with E-state index in [0.29, 0.717) is 32.5 Å². The number of ether oxygens (including phenoxy) is 1. The third-order valence-electron chi connectivity index (χ3n) is 6.72. The second kappa shape index (κ2) is 8.20. The highest BCUT2D eigenvalue weighted by Crippen LogP contribution is 2.44. The van der Waals surface area contributed by atoms with Crippen LogP contribution in [-0.4, -0.2) is 35.8 Å². The lowest BCUT2D eigenvalue weighted by atomic mass is 9.87. The zero-order valence-electron chi connectivity index (χ0n) is 17.5. The summed E-state index contributed by atoms with van der Waals surface area (Å²) in [6, 6.07) is 26.5. The molecule has 1 N–H and O–H groups in total. The van der Waals surface area contributed by atoms with Gasteiger partial charge in [0.15, 0.2) is 0 Å². The molecule has 1 unspecified atom stereocenters. The fourth-order valence-electron chi connectivity index (χ4n) is 5.02. The summed E-state index contributed by atoms with van der Waals surface area (Å²) in [5.74, 6) is 0.0598. The number of benzene rings is 3. The first-order valence-corrected chi connectivity index (χ1v) is 11.0. The van der Waals surface area contributed by atoms with E-state index in [4.69, 9.17) is 4.74 Å². The van der Waals surface area contributed by atoms with Gasteiger partial charge in [0.05, 0.1) is 5.60 Å². The zero-order valence-corrected chi connectivity index (χ0v) is 17.5. The molecule has 31 heavy (non-hydrogen) atoms. The molecule has 4 heteroatoms. The number of hydrogen-bond acceptors (Lipinski definition) is 3. The van der Waals surface area contributed by atoms with E-state index in [2.05, 4.69) is 36.4 Å². The van der Waals surface area contributed by atoms with Crippen LogP contribution in [0.4, 0.5) is 4.79 Å². The van der Waals surface area contributed by atoms with Crippen molar-refractivity contribution in [3.05, 3.63) is 95.6 Å². The molecule has 158 valence electrons. The number of aliphatic hydroxyl groups is 1. The highest BCUT2D eigenvalue weighted by atomic mass is 16.6. The van der Waals surface area contributed by atoms with Gasteiger partial charge in [0.2, 0.25) is 0 Å². The van der Waals surface area contributed by atoms with Crippen LogP contribution in [0.1, 0.15) is 41.9 Å². The highest BCUT2D eigenvalue weighted by molar-refractivity contribution is 5.79. The number of nitrogens with zero attached hydrogens (tertiary/aromatic N) is 1. The number of rotatable bonds is 3. The Morgan fingerprint density at radius 2 is 1.48 bits per heavy atom. The Balaban J connectivity index is 1.26. The van der Waals surface area contributed by atoms with Gasteiger partial charge in [-0.2, -0.15) is 0 Å². The molecular formula is C27H27NO3. The van der Waals surface area contributed by atoms with Crippen LogP contribution in [0.2, 0.25) is 0 Å². The first-order valence-electron chi connectivity index (χ1n) is 11.0. The molecule has 0 radical (unpaired) electrons. The van der Waals surface area contributed by atoms with Gasteiger partial charge in [-0.1, -0.05) is 78.9 Å². The van der Waals surface area contributed by atoms with Crippen LogP contribution in [0.3, 0.4) is 0 Å². The Kier molecular flexibility index (Phi) is 5.24. The van der Waals surface area contributed by atoms with Crippen molar-refractivity contribution >= 4 is 6.09 Å². The summed E-state index contributed by atoms with van der Waals surface area (Å²) >= 11 is 0. The van der Waals surface area contributed by atoms with Gasteiger partial charge in [0, 0.05) is 19.0 Å². The minimum absolute atomic E-state index is 0.0598. The van der Waals surface area contributed by atoms with E-state index in [1.54, 1.807) is 4.90 Å². The maximum absolute atomic E-state index is 12.9. The van der Waals surface area contributed by atoms with Crippen molar-refractivity contribution in [2.45, 2.75) is 30.8 Å². The van der Waals surface area contributed by atoms with E-state index in [-0.39, 0.29) is 12.0 Å². The van der Waals surface area contributed by atoms with Crippen LogP contribution in [-0.2, 0) is 10.3 Å². The van der Waals surface area contributed by atoms with Crippen molar-refractivity contribution in [3.63, 3.8) is 0 Å². The molecule has 3 aromatic carbocycles. The van der Waals surface area contributed by atoms with Gasteiger partial charge in [0.25, 0.3) is 0 Å². The third-order valence-corrected chi connectivity index (χ3v) is 6.72. The van der Waals surface area contributed by atoms with Gasteiger partial charge in [-0.05, 0) is 47.1 Å². The van der Waals surface area contributed by atoms with Crippen LogP contribution < -0.4 is 0 Å². The first kappa shape index (κ1) is 19.8. The molecule has 2 aliphatic rings. The van der Waals surface area contributed by atoms with Crippen molar-refractivity contribution in [2.24, 2.45) is 0 Å². The molecule has 5 rings (SSSR count). The lowest BCUT2D eigenvalue weighted by molar-refractivity contribution is 0.0208. The van der Waals surface area contributed by atoms with Crippen LogP contribution in [0.15, 0.2) is 78.9 Å². The number of carbonyl (C=O) groups is 1. The van der Waals surface area contributed by atoms with Gasteiger partial charge in [-0.3, -0.25) is 0 Å². The number of hydrogen-bond donors (Lipinski definition) is 1. The lowest BCUT2D eigenvalue weighted by Crippen LogP contribution is -2.34. The number of carbonyl (C=O) groups excluding carboxylic acids is 1. The average molecular weight is 414 g/mol. The molecular weight excluding hydrogens is 386 g/mol. The molecule has 1 amide bonds. The molecule has 0 saturated carbocycles. The number of fused-ring (bicyclic) bond motifs is 3. The van der Waals surface area contributed by atoms with Crippen LogP contribution in [0, 0.1) is 0 Å². The normalized spacial score (nSPS) is 20.6. The lowest BCUT2D eigenvalue weighted by Gasteiger charge is -2.27. The third kappa shape index (κ3) is 3.72. The molecule has 0 spiro atoms. The van der Waals surface area contributed by atoms with Crippen molar-refractivity contribution in [1.82, 2.24) is 4.90 Å². The van der Waals surface area contributed by atoms with Crippen LogP contribution in [0.25, 0.3) is 11.1 Å². The molecule has 0 bridgehead atoms. The predicted molar refractivity (Wildman–Crippen MR) is 121 cm³/mol. The molecule has 1 aliphatic heterocycles. The second-order valence-electron chi connectivity index (χ2n) is 8.54. The standard InChI is InChI=1S/C27H27NO3/c29-26(28-17-8-15-27(30,16-18-28)20-9-2-1-3-10-20)31-19-25-23-13-6-4-11-21(23)22-12-5-7-14-24(22)25/h1-7,9-14,25,30H,8,15-19H2. The molecule has 0 aromatic heterocycles. The van der Waals surface area contributed by atoms with Crippen LogP contribution >= 0.6 is 0 Å². The van der Waals surface area contributed by atoms with Gasteiger partial charge in [0.1, 0.15) is 6.61 Å². The Morgan fingerprint density at radius 1 is 0.871 bits per heavy atom. The van der Waals surface area contributed by atoms with Gasteiger partial charge < -0.3 is 14.7 Å². The van der Waals surface area contributed by atoms with E-state index < -0.39 is 5.60 Å². The summed E-state index contributed by atoms with van der Waals surface area (Å²) in [6.45, 7) is 1.42. The summed E-state index contributed by atoms with van der Waals surface area (Å²) in [7, 11) is 0. The Labute approximate surface area is 183 Å². The molecule has 1 aliphatic carbocycles. The first-order chi connectivity index (χ1) is 15.2. The van der Waals surface area contributed by atoms with E-state index in [0.717, 1.165) is 12.0 Å². The van der Waals surface area contributed by atoms with Crippen molar-refractivity contribution in [2.75, 3.05) is 19.7 Å². The molecule has 3 aromatic rings. The summed E-state index contributed by atoms with van der Waals surface area (Å²) in [5.41, 5.74) is 4.91. The zero-order chi connectivity index (χ0) is 21.3. The maximum Gasteiger partial charge on any atom is 0.409 e. The SMILES string of the molecule is O=C(OCC1c2ccccc2-c2ccccc21)N1CCCC(O)(c2ccccc2)CC1. The highest BCUT2D eigenvalue weighted by Gasteiger charge is 2.34. The molecule has 4 nitrogen and oxygen atoms in total. The quantitative estimate of drug-likeness (QED) is 0.633. The Bertz CT molecular complexity index is 1040. The summed E-state index contributed by atoms with van der Waals surface area (Å²) < 4.78 is 5.81. The summed E-state index contributed by atoms with van der Waals surface area (Å²) in [6.07, 6.45) is 1.61. The second-order valence-corrected chi connectivity index (χ2v) is 8.54. The minimum Gasteiger partial charge on any atom is -0.448 e. The van der Waals surface area contributed by atoms with E-state index in [1.165, 1.54) is 22.3 Å². The predicted octanol–water partition coefficient (Wildman–Crippen LogP) is 5.31. The van der Waals surface area contributed by atoms with Gasteiger partial charge >= 0.3 is 6.09 Å². The van der Waals surface area contributed by atoms with Gasteiger partial charge in [-0.15, -0.1) is 0 Å². The Hall–Kier alpha value is -3.11. The summed E-state index contributed by atoms with van der Waals surface area (Å²) in [5, 5.41) is 11.2. The van der Waals surface area contributed by atoms with Crippen molar-refractivity contribution in [3.8, 4) is 11.1 Å². The van der Waals surface area contributed by atoms with Crippen molar-refractivity contribution in [1.29, 1.82) is 0 Å². The monoisotopic (exact) mass is 413 g/mol. The molecule has 1 fully saturated rings. The molecule has 1 heterocycles. The van der Waals surface area contributed by atoms with E-state index in [1.807, 2.05) is 42.5 Å². The largest absolute Gasteiger partial charge is 0.448 e. The summed E-state index contributed by atoms with van der Waals surface area (Å²) in [4.78, 5) is 14.6. The van der Waals surface area contributed by atoms with E-state index in [9.17, 15) is 9.90 Å². The average Bonchev–Trinajstić information content (AvgIpc) is 2.99. The van der Waals surface area contributed by atoms with Crippen LogP contribution in [0.5, 0.6) is 0 Å². The minimum atomic E-state index is -0.889. The van der Waals surface area contributed by atoms with Gasteiger partial charge in [-0.25, -0.2) is 4.79 Å². The smallest absolute Gasteiger partial charge is 0.409 e. The maximum atomic E-state index is 12.9. The van der Waals surface area contributed by atoms with E-state index >= 15 is 0 Å². The number of likely N-dealkylation sites (tertiary alicyclic amines) is 1. The molecule has 1 saturated heterocycles. The topological polar surface area (TPSA) is 49.8 Å². The fraction of sp³-hybridized carbons (Fsp3) is 0.296. The number of amides is 1. The van der Waals surface area contributed by atoms with Crippen molar-refractivity contribution < 1.29 is 14.6 Å². The fourth-order valence-corrected chi connectivity index (χ4v) is 5.02. The molecule has 1 atom stereocenters. The Morgan fingerprint density at radius 3 is 2.16 bits per heavy atom.